The van der Waals surface area contributed by atoms with Gasteiger partial charge in [-0.05, 0) is 18.9 Å². The highest BCUT2D eigenvalue weighted by molar-refractivity contribution is 6.35. The maximum Gasteiger partial charge on any atom is 0.168 e. The van der Waals surface area contributed by atoms with E-state index in [1.54, 1.807) is 0 Å². The molecule has 0 unspecified atom stereocenters. The number of hydrogen-bond donors (Lipinski definition) is 0. The lowest BCUT2D eigenvalue weighted by molar-refractivity contribution is 0.0969. The lowest BCUT2D eigenvalue weighted by Gasteiger charge is -1.98. The Bertz CT molecular complexity index is 581. The fourth-order valence-electron chi connectivity index (χ4n) is 2.18. The van der Waals surface area contributed by atoms with E-state index in [-0.39, 0.29) is 11.7 Å². The molecule has 1 aliphatic rings. The minimum atomic E-state index is 0.254. The molecule has 0 radical (unpaired) electrons. The zero-order chi connectivity index (χ0) is 11.3. The van der Waals surface area contributed by atoms with Gasteiger partial charge in [0.15, 0.2) is 5.78 Å². The second-order valence-corrected chi connectivity index (χ2v) is 4.84. The number of fused-ring (bicyclic) bond motifs is 1. The van der Waals surface area contributed by atoms with Gasteiger partial charge >= 0.3 is 0 Å². The van der Waals surface area contributed by atoms with E-state index in [4.69, 9.17) is 11.6 Å². The highest BCUT2D eigenvalue weighted by atomic mass is 35.5. The lowest BCUT2D eigenvalue weighted by Crippen LogP contribution is -1.99. The van der Waals surface area contributed by atoms with Crippen molar-refractivity contribution in [2.45, 2.75) is 12.8 Å². The van der Waals surface area contributed by atoms with Crippen molar-refractivity contribution < 1.29 is 4.79 Å². The van der Waals surface area contributed by atoms with Crippen LogP contribution in [0, 0.1) is 5.92 Å². The van der Waals surface area contributed by atoms with Gasteiger partial charge in [-0.15, -0.1) is 0 Å². The van der Waals surface area contributed by atoms with Crippen LogP contribution >= 0.6 is 11.6 Å². The molecular formula is C13H12ClNO. The highest BCUT2D eigenvalue weighted by Gasteiger charge is 2.32. The molecule has 0 aliphatic heterocycles. The van der Waals surface area contributed by atoms with Gasteiger partial charge in [0.1, 0.15) is 0 Å². The predicted octanol–water partition coefficient (Wildman–Crippen LogP) is 3.42. The van der Waals surface area contributed by atoms with E-state index in [0.717, 1.165) is 29.3 Å². The summed E-state index contributed by atoms with van der Waals surface area (Å²) in [7, 11) is 1.93. The smallest absolute Gasteiger partial charge is 0.168 e. The van der Waals surface area contributed by atoms with E-state index in [2.05, 4.69) is 0 Å². The number of benzene rings is 1. The first kappa shape index (κ1) is 9.91. The zero-order valence-corrected chi connectivity index (χ0v) is 9.79. The van der Waals surface area contributed by atoms with Crippen molar-refractivity contribution >= 4 is 28.3 Å². The second-order valence-electron chi connectivity index (χ2n) is 4.43. The Morgan fingerprint density at radius 2 is 2.19 bits per heavy atom. The molecule has 2 aromatic rings. The van der Waals surface area contributed by atoms with Crippen molar-refractivity contribution in [2.75, 3.05) is 0 Å². The van der Waals surface area contributed by atoms with Crippen molar-refractivity contribution in [1.29, 1.82) is 0 Å². The number of hydrogen-bond acceptors (Lipinski definition) is 1. The summed E-state index contributed by atoms with van der Waals surface area (Å²) in [5, 5.41) is 1.68. The summed E-state index contributed by atoms with van der Waals surface area (Å²) in [5.74, 6) is 0.525. The molecule has 0 spiro atoms. The zero-order valence-electron chi connectivity index (χ0n) is 9.03. The molecule has 1 fully saturated rings. The number of carbonyl (C=O) groups excluding carboxylic acids is 1. The van der Waals surface area contributed by atoms with Crippen LogP contribution in [-0.2, 0) is 7.05 Å². The van der Waals surface area contributed by atoms with E-state index in [1.165, 1.54) is 0 Å². The highest BCUT2D eigenvalue weighted by Crippen LogP contribution is 2.36. The minimum absolute atomic E-state index is 0.254. The number of Topliss-reactive ketones (excluding diaryl/α,β-unsaturated/α-hetero) is 1. The largest absolute Gasteiger partial charge is 0.349 e. The van der Waals surface area contributed by atoms with E-state index in [1.807, 2.05) is 36.0 Å². The summed E-state index contributed by atoms with van der Waals surface area (Å²) >= 11 is 6.14. The molecule has 2 nitrogen and oxygen atoms in total. The van der Waals surface area contributed by atoms with Crippen molar-refractivity contribution in [3.8, 4) is 0 Å². The first-order valence-corrected chi connectivity index (χ1v) is 5.84. The van der Waals surface area contributed by atoms with E-state index < -0.39 is 0 Å². The van der Waals surface area contributed by atoms with Crippen LogP contribution in [0.25, 0.3) is 10.9 Å². The number of aryl methyl sites for hydroxylation is 1. The molecule has 1 saturated carbocycles. The van der Waals surface area contributed by atoms with Crippen LogP contribution in [0.5, 0.6) is 0 Å². The molecular weight excluding hydrogens is 222 g/mol. The third-order valence-corrected chi connectivity index (χ3v) is 3.47. The van der Waals surface area contributed by atoms with Gasteiger partial charge in [0.2, 0.25) is 0 Å². The van der Waals surface area contributed by atoms with E-state index in [0.29, 0.717) is 5.02 Å². The summed E-state index contributed by atoms with van der Waals surface area (Å²) in [4.78, 5) is 12.1. The fraction of sp³-hybridized carbons (Fsp3) is 0.308. The molecule has 16 heavy (non-hydrogen) atoms. The van der Waals surface area contributed by atoms with Gasteiger partial charge in [-0.25, -0.2) is 0 Å². The predicted molar refractivity (Wildman–Crippen MR) is 65.0 cm³/mol. The van der Waals surface area contributed by atoms with E-state index >= 15 is 0 Å². The Morgan fingerprint density at radius 1 is 1.44 bits per heavy atom. The van der Waals surface area contributed by atoms with Gasteiger partial charge in [-0.1, -0.05) is 23.7 Å². The summed E-state index contributed by atoms with van der Waals surface area (Å²) in [6, 6.07) is 5.72. The molecule has 1 aliphatic carbocycles. The van der Waals surface area contributed by atoms with Crippen LogP contribution in [0.3, 0.4) is 0 Å². The fourth-order valence-corrected chi connectivity index (χ4v) is 2.49. The minimum Gasteiger partial charge on any atom is -0.349 e. The topological polar surface area (TPSA) is 22.0 Å². The molecule has 1 aromatic heterocycles. The van der Waals surface area contributed by atoms with Crippen LogP contribution in [0.1, 0.15) is 23.2 Å². The first-order chi connectivity index (χ1) is 7.68. The summed E-state index contributed by atoms with van der Waals surface area (Å²) in [6.07, 6.45) is 3.97. The molecule has 0 saturated heterocycles. The van der Waals surface area contributed by atoms with Crippen LogP contribution in [0.4, 0.5) is 0 Å². The molecule has 3 heteroatoms. The molecule has 0 amide bonds. The number of ketones is 1. The number of rotatable bonds is 2. The lowest BCUT2D eigenvalue weighted by atomic mass is 10.1. The maximum atomic E-state index is 12.1. The number of aromatic nitrogens is 1. The molecule has 0 atom stereocenters. The third-order valence-electron chi connectivity index (χ3n) is 3.17. The third kappa shape index (κ3) is 1.37. The Morgan fingerprint density at radius 3 is 2.88 bits per heavy atom. The maximum absolute atomic E-state index is 12.1. The van der Waals surface area contributed by atoms with Gasteiger partial charge in [0.25, 0.3) is 0 Å². The standard InChI is InChI=1S/C13H12ClNO/c1-15-7-10(13(16)8-5-6-8)9-3-2-4-11(14)12(9)15/h2-4,7-8H,5-6H2,1H3. The number of halogens is 1. The average molecular weight is 234 g/mol. The van der Waals surface area contributed by atoms with Gasteiger partial charge < -0.3 is 4.57 Å². The molecule has 82 valence electrons. The van der Waals surface area contributed by atoms with Crippen molar-refractivity contribution in [1.82, 2.24) is 4.57 Å². The number of nitrogens with zero attached hydrogens (tertiary/aromatic N) is 1. The first-order valence-electron chi connectivity index (χ1n) is 5.46. The SMILES string of the molecule is Cn1cc(C(=O)C2CC2)c2cccc(Cl)c21. The monoisotopic (exact) mass is 233 g/mol. The summed E-state index contributed by atoms with van der Waals surface area (Å²) in [5.41, 5.74) is 1.77. The molecule has 3 rings (SSSR count). The quantitative estimate of drug-likeness (QED) is 0.729. The number of para-hydroxylation sites is 1. The average Bonchev–Trinajstić information content (AvgIpc) is 3.04. The van der Waals surface area contributed by atoms with Gasteiger partial charge in [0.05, 0.1) is 10.5 Å². The van der Waals surface area contributed by atoms with E-state index in [9.17, 15) is 4.79 Å². The van der Waals surface area contributed by atoms with Crippen LogP contribution in [0.2, 0.25) is 5.02 Å². The normalized spacial score (nSPS) is 15.6. The van der Waals surface area contributed by atoms with Crippen LogP contribution in [-0.4, -0.2) is 10.4 Å². The molecule has 0 bridgehead atoms. The Kier molecular flexibility index (Phi) is 2.08. The number of carbonyl (C=O) groups is 1. The Balaban J connectivity index is 2.25. The molecule has 1 heterocycles. The van der Waals surface area contributed by atoms with Crippen LogP contribution in [0.15, 0.2) is 24.4 Å². The summed E-state index contributed by atoms with van der Waals surface area (Å²) < 4.78 is 1.94. The molecule has 1 aromatic carbocycles. The Labute approximate surface area is 98.8 Å². The van der Waals surface area contributed by atoms with Crippen LogP contribution < -0.4 is 0 Å². The van der Waals surface area contributed by atoms with Gasteiger partial charge in [0, 0.05) is 30.1 Å². The van der Waals surface area contributed by atoms with Crippen molar-refractivity contribution in [3.63, 3.8) is 0 Å². The van der Waals surface area contributed by atoms with Gasteiger partial charge in [-0.2, -0.15) is 0 Å². The second kappa shape index (κ2) is 3.36. The summed E-state index contributed by atoms with van der Waals surface area (Å²) in [6.45, 7) is 0. The van der Waals surface area contributed by atoms with Gasteiger partial charge in [-0.3, -0.25) is 4.79 Å². The molecule has 0 N–H and O–H groups in total. The van der Waals surface area contributed by atoms with Crippen molar-refractivity contribution in [3.05, 3.63) is 35.0 Å². The Hall–Kier alpha value is -1.28. The van der Waals surface area contributed by atoms with Crippen molar-refractivity contribution in [2.24, 2.45) is 13.0 Å².